The van der Waals surface area contributed by atoms with E-state index in [1.54, 1.807) is 0 Å². The van der Waals surface area contributed by atoms with Gasteiger partial charge in [-0.25, -0.2) is 4.98 Å². The molecule has 3 N–H and O–H groups in total. The van der Waals surface area contributed by atoms with Crippen LogP contribution in [0.5, 0.6) is 0 Å². The molecule has 0 radical (unpaired) electrons. The molecule has 2 rings (SSSR count). The van der Waals surface area contributed by atoms with Crippen LogP contribution in [0, 0.1) is 20.8 Å². The molecule has 20 heavy (non-hydrogen) atoms. The van der Waals surface area contributed by atoms with Gasteiger partial charge in [0.15, 0.2) is 5.16 Å². The molecule has 0 fully saturated rings. The van der Waals surface area contributed by atoms with Gasteiger partial charge in [0.1, 0.15) is 0 Å². The third-order valence-corrected chi connectivity index (χ3v) is 3.91. The van der Waals surface area contributed by atoms with Crippen molar-refractivity contribution in [3.05, 3.63) is 57.0 Å². The van der Waals surface area contributed by atoms with Gasteiger partial charge >= 0.3 is 0 Å². The Morgan fingerprint density at radius 2 is 1.85 bits per heavy atom. The molecular formula is C15H19N3OS. The second kappa shape index (κ2) is 6.24. The molecule has 1 aromatic heterocycles. The molecule has 2 aromatic rings. The van der Waals surface area contributed by atoms with Crippen molar-refractivity contribution in [3.63, 3.8) is 0 Å². The molecule has 1 unspecified atom stereocenters. The van der Waals surface area contributed by atoms with Gasteiger partial charge in [-0.2, -0.15) is 0 Å². The highest BCUT2D eigenvalue weighted by molar-refractivity contribution is 7.99. The van der Waals surface area contributed by atoms with Gasteiger partial charge in [0, 0.05) is 23.6 Å². The monoisotopic (exact) mass is 289 g/mol. The Morgan fingerprint density at radius 3 is 2.45 bits per heavy atom. The van der Waals surface area contributed by atoms with E-state index in [2.05, 4.69) is 42.0 Å². The first kappa shape index (κ1) is 14.8. The predicted molar refractivity (Wildman–Crippen MR) is 83.2 cm³/mol. The van der Waals surface area contributed by atoms with Crippen LogP contribution in [0.15, 0.2) is 34.2 Å². The first-order valence-electron chi connectivity index (χ1n) is 6.48. The molecule has 106 valence electrons. The number of hydrogen-bond donors (Lipinski definition) is 2. The molecule has 0 saturated carbocycles. The number of nitrogens with two attached hydrogens (primary N) is 1. The number of aryl methyl sites for hydroxylation is 3. The standard InChI is InChI=1S/C15H19N3OS/c1-9-4-10(2)6-12(5-9)13(16)8-20-15-17-11(3)7-14(19)18-15/h4-7,13H,8,16H2,1-3H3,(H,17,18,19). The van der Waals surface area contributed by atoms with Gasteiger partial charge in [-0.15, -0.1) is 0 Å². The summed E-state index contributed by atoms with van der Waals surface area (Å²) in [6, 6.07) is 7.73. The summed E-state index contributed by atoms with van der Waals surface area (Å²) in [7, 11) is 0. The molecule has 1 aromatic carbocycles. The molecule has 0 saturated heterocycles. The molecule has 4 nitrogen and oxygen atoms in total. The Kier molecular flexibility index (Phi) is 4.62. The number of aromatic amines is 1. The van der Waals surface area contributed by atoms with Crippen molar-refractivity contribution in [3.8, 4) is 0 Å². The van der Waals surface area contributed by atoms with Gasteiger partial charge < -0.3 is 10.7 Å². The number of H-pyrrole nitrogens is 1. The average Bonchev–Trinajstić information content (AvgIpc) is 2.33. The van der Waals surface area contributed by atoms with Gasteiger partial charge in [-0.3, -0.25) is 4.79 Å². The maximum atomic E-state index is 11.4. The van der Waals surface area contributed by atoms with Crippen molar-refractivity contribution < 1.29 is 0 Å². The lowest BCUT2D eigenvalue weighted by molar-refractivity contribution is 0.820. The fourth-order valence-electron chi connectivity index (χ4n) is 2.11. The summed E-state index contributed by atoms with van der Waals surface area (Å²) < 4.78 is 0. The summed E-state index contributed by atoms with van der Waals surface area (Å²) in [6.45, 7) is 5.94. The quantitative estimate of drug-likeness (QED) is 0.670. The van der Waals surface area contributed by atoms with Crippen LogP contribution in [0.1, 0.15) is 28.4 Å². The SMILES string of the molecule is Cc1cc(C)cc(C(N)CSc2nc(C)cc(=O)[nH]2)c1. The first-order valence-corrected chi connectivity index (χ1v) is 7.47. The third-order valence-electron chi connectivity index (χ3n) is 2.92. The van der Waals surface area contributed by atoms with E-state index in [-0.39, 0.29) is 11.6 Å². The van der Waals surface area contributed by atoms with E-state index in [9.17, 15) is 4.79 Å². The van der Waals surface area contributed by atoms with Crippen LogP contribution >= 0.6 is 11.8 Å². The number of thioether (sulfide) groups is 1. The van der Waals surface area contributed by atoms with Crippen molar-refractivity contribution in [2.45, 2.75) is 32.0 Å². The fourth-order valence-corrected chi connectivity index (χ4v) is 3.02. The molecule has 0 aliphatic rings. The minimum absolute atomic E-state index is 0.0792. The second-order valence-electron chi connectivity index (χ2n) is 5.03. The lowest BCUT2D eigenvalue weighted by Crippen LogP contribution is -2.15. The van der Waals surface area contributed by atoms with Crippen molar-refractivity contribution in [2.24, 2.45) is 5.73 Å². The van der Waals surface area contributed by atoms with Crippen LogP contribution in [0.2, 0.25) is 0 Å². The minimum Gasteiger partial charge on any atom is -0.323 e. The zero-order chi connectivity index (χ0) is 14.7. The normalized spacial score (nSPS) is 12.4. The smallest absolute Gasteiger partial charge is 0.251 e. The van der Waals surface area contributed by atoms with E-state index < -0.39 is 0 Å². The van der Waals surface area contributed by atoms with E-state index in [4.69, 9.17) is 5.73 Å². The highest BCUT2D eigenvalue weighted by Crippen LogP contribution is 2.21. The van der Waals surface area contributed by atoms with Crippen LogP contribution in [0.4, 0.5) is 0 Å². The largest absolute Gasteiger partial charge is 0.323 e. The van der Waals surface area contributed by atoms with Gasteiger partial charge in [0.2, 0.25) is 0 Å². The van der Waals surface area contributed by atoms with Crippen LogP contribution in [0.25, 0.3) is 0 Å². The molecular weight excluding hydrogens is 270 g/mol. The zero-order valence-electron chi connectivity index (χ0n) is 11.9. The molecule has 1 heterocycles. The number of nitrogens with one attached hydrogen (secondary N) is 1. The Labute approximate surface area is 122 Å². The topological polar surface area (TPSA) is 71.8 Å². The number of hydrogen-bond acceptors (Lipinski definition) is 4. The number of aromatic nitrogens is 2. The molecule has 0 spiro atoms. The summed E-state index contributed by atoms with van der Waals surface area (Å²) in [5, 5.41) is 0.620. The maximum Gasteiger partial charge on any atom is 0.251 e. The third kappa shape index (κ3) is 3.95. The van der Waals surface area contributed by atoms with Crippen LogP contribution < -0.4 is 11.3 Å². The minimum atomic E-state index is -0.125. The summed E-state index contributed by atoms with van der Waals surface area (Å²) in [5.41, 5.74) is 10.3. The van der Waals surface area contributed by atoms with Crippen molar-refractivity contribution in [1.29, 1.82) is 0 Å². The Hall–Kier alpha value is -1.59. The van der Waals surface area contributed by atoms with E-state index >= 15 is 0 Å². The number of rotatable bonds is 4. The Bertz CT molecular complexity index is 646. The van der Waals surface area contributed by atoms with Crippen molar-refractivity contribution >= 4 is 11.8 Å². The maximum absolute atomic E-state index is 11.4. The van der Waals surface area contributed by atoms with E-state index in [1.165, 1.54) is 29.0 Å². The lowest BCUT2D eigenvalue weighted by atomic mass is 10.0. The number of nitrogens with zero attached hydrogens (tertiary/aromatic N) is 1. The first-order chi connectivity index (χ1) is 9.44. The van der Waals surface area contributed by atoms with Crippen molar-refractivity contribution in [2.75, 3.05) is 5.75 Å². The lowest BCUT2D eigenvalue weighted by Gasteiger charge is -2.13. The zero-order valence-corrected chi connectivity index (χ0v) is 12.8. The molecule has 0 aliphatic carbocycles. The summed E-state index contributed by atoms with van der Waals surface area (Å²) in [5.74, 6) is 0.676. The van der Waals surface area contributed by atoms with Crippen molar-refractivity contribution in [1.82, 2.24) is 9.97 Å². The van der Waals surface area contributed by atoms with Gasteiger partial charge in [-0.1, -0.05) is 41.1 Å². The Morgan fingerprint density at radius 1 is 1.20 bits per heavy atom. The van der Waals surface area contributed by atoms with E-state index in [0.717, 1.165) is 11.3 Å². The van der Waals surface area contributed by atoms with Gasteiger partial charge in [0.25, 0.3) is 5.56 Å². The molecule has 0 aliphatic heterocycles. The Balaban J connectivity index is 2.08. The van der Waals surface area contributed by atoms with E-state index in [0.29, 0.717) is 10.9 Å². The summed E-state index contributed by atoms with van der Waals surface area (Å²) in [4.78, 5) is 18.4. The van der Waals surface area contributed by atoms with Gasteiger partial charge in [-0.05, 0) is 26.3 Å². The van der Waals surface area contributed by atoms with E-state index in [1.807, 2.05) is 6.92 Å². The summed E-state index contributed by atoms with van der Waals surface area (Å²) in [6.07, 6.45) is 0. The molecule has 1 atom stereocenters. The predicted octanol–water partition coefficient (Wildman–Crippen LogP) is 2.49. The van der Waals surface area contributed by atoms with Gasteiger partial charge in [0.05, 0.1) is 0 Å². The number of benzene rings is 1. The second-order valence-corrected chi connectivity index (χ2v) is 6.04. The highest BCUT2D eigenvalue weighted by atomic mass is 32.2. The summed E-state index contributed by atoms with van der Waals surface area (Å²) >= 11 is 1.47. The average molecular weight is 289 g/mol. The highest BCUT2D eigenvalue weighted by Gasteiger charge is 2.09. The molecule has 0 amide bonds. The van der Waals surface area contributed by atoms with Crippen LogP contribution in [-0.4, -0.2) is 15.7 Å². The van der Waals surface area contributed by atoms with Crippen LogP contribution in [0.3, 0.4) is 0 Å². The fraction of sp³-hybridized carbons (Fsp3) is 0.333. The molecule has 0 bridgehead atoms. The van der Waals surface area contributed by atoms with Crippen LogP contribution in [-0.2, 0) is 0 Å². The molecule has 5 heteroatoms.